The first-order chi connectivity index (χ1) is 11.5. The van der Waals surface area contributed by atoms with E-state index in [2.05, 4.69) is 5.43 Å². The van der Waals surface area contributed by atoms with Gasteiger partial charge in [-0.15, -0.1) is 0 Å². The summed E-state index contributed by atoms with van der Waals surface area (Å²) in [7, 11) is 1.88. The zero-order valence-corrected chi connectivity index (χ0v) is 14.9. The van der Waals surface area contributed by atoms with Gasteiger partial charge in [-0.05, 0) is 54.7 Å². The van der Waals surface area contributed by atoms with Crippen molar-refractivity contribution in [2.45, 2.75) is 0 Å². The lowest BCUT2D eigenvalue weighted by molar-refractivity contribution is -0.123. The number of amides is 2. The molecule has 1 fully saturated rings. The van der Waals surface area contributed by atoms with Gasteiger partial charge in [-0.1, -0.05) is 23.4 Å². The van der Waals surface area contributed by atoms with Crippen LogP contribution in [0.3, 0.4) is 0 Å². The summed E-state index contributed by atoms with van der Waals surface area (Å²) in [6, 6.07) is 10.1. The number of hydrazine groups is 1. The van der Waals surface area contributed by atoms with E-state index in [0.29, 0.717) is 15.5 Å². The van der Waals surface area contributed by atoms with E-state index in [0.717, 1.165) is 22.5 Å². The smallest absolute Gasteiger partial charge is 0.285 e. The molecular formula is C16H12ClN3O2S2. The first-order valence-corrected chi connectivity index (χ1v) is 8.52. The van der Waals surface area contributed by atoms with Crippen LogP contribution in [0.25, 0.3) is 6.08 Å². The molecule has 2 heterocycles. The maximum Gasteiger partial charge on any atom is 0.285 e. The van der Waals surface area contributed by atoms with Gasteiger partial charge in [0.1, 0.15) is 0 Å². The molecule has 1 saturated heterocycles. The van der Waals surface area contributed by atoms with E-state index in [1.807, 2.05) is 29.9 Å². The highest BCUT2D eigenvalue weighted by Gasteiger charge is 2.33. The number of aromatic nitrogens is 1. The Kier molecular flexibility index (Phi) is 4.75. The molecule has 1 aliphatic heterocycles. The molecule has 8 heteroatoms. The molecule has 1 aliphatic rings. The molecule has 1 aromatic heterocycles. The van der Waals surface area contributed by atoms with Gasteiger partial charge in [0.2, 0.25) is 0 Å². The number of hydrogen-bond donors (Lipinski definition) is 1. The highest BCUT2D eigenvalue weighted by molar-refractivity contribution is 8.26. The van der Waals surface area contributed by atoms with Crippen LogP contribution < -0.4 is 5.43 Å². The van der Waals surface area contributed by atoms with Crippen LogP contribution in [0.2, 0.25) is 5.02 Å². The Balaban J connectivity index is 1.77. The quantitative estimate of drug-likeness (QED) is 0.659. The number of thiocarbonyl (C=S) groups is 1. The number of carbonyl (C=O) groups excluding carboxylic acids is 2. The number of thioether (sulfide) groups is 1. The van der Waals surface area contributed by atoms with Gasteiger partial charge in [0.25, 0.3) is 11.8 Å². The van der Waals surface area contributed by atoms with E-state index in [1.54, 1.807) is 30.3 Å². The van der Waals surface area contributed by atoms with Gasteiger partial charge in [-0.2, -0.15) is 5.01 Å². The summed E-state index contributed by atoms with van der Waals surface area (Å²) in [5, 5.41) is 1.62. The van der Waals surface area contributed by atoms with Gasteiger partial charge in [0, 0.05) is 29.5 Å². The van der Waals surface area contributed by atoms with Crippen molar-refractivity contribution in [3.8, 4) is 0 Å². The molecule has 3 rings (SSSR count). The van der Waals surface area contributed by atoms with E-state index < -0.39 is 5.91 Å². The summed E-state index contributed by atoms with van der Waals surface area (Å²) >= 11 is 12.1. The maximum absolute atomic E-state index is 12.5. The van der Waals surface area contributed by atoms with E-state index in [-0.39, 0.29) is 10.2 Å². The first kappa shape index (κ1) is 16.8. The number of nitrogens with zero attached hydrogens (tertiary/aromatic N) is 2. The number of carbonyl (C=O) groups is 2. The molecule has 2 amide bonds. The SMILES string of the molecule is Cn1cccc1/C=C1/SC(=S)N(NC(=O)c2ccc(Cl)cc2)C1=O. The Bertz CT molecular complexity index is 858. The van der Waals surface area contributed by atoms with E-state index in [9.17, 15) is 9.59 Å². The zero-order chi connectivity index (χ0) is 17.3. The van der Waals surface area contributed by atoms with Crippen molar-refractivity contribution in [2.75, 3.05) is 0 Å². The van der Waals surface area contributed by atoms with Crippen molar-refractivity contribution >= 4 is 57.8 Å². The lowest BCUT2D eigenvalue weighted by atomic mass is 10.2. The largest absolute Gasteiger partial charge is 0.351 e. The Labute approximate surface area is 153 Å². The molecule has 1 N–H and O–H groups in total. The molecule has 0 atom stereocenters. The van der Waals surface area contributed by atoms with Crippen LogP contribution in [-0.4, -0.2) is 25.7 Å². The number of benzene rings is 1. The van der Waals surface area contributed by atoms with Crippen molar-refractivity contribution in [1.82, 2.24) is 15.0 Å². The van der Waals surface area contributed by atoms with Gasteiger partial charge in [-0.3, -0.25) is 15.0 Å². The van der Waals surface area contributed by atoms with Crippen molar-refractivity contribution in [1.29, 1.82) is 0 Å². The van der Waals surface area contributed by atoms with Crippen LogP contribution in [0.5, 0.6) is 0 Å². The van der Waals surface area contributed by atoms with E-state index in [4.69, 9.17) is 23.8 Å². The van der Waals surface area contributed by atoms with Crippen LogP contribution in [0.1, 0.15) is 16.1 Å². The summed E-state index contributed by atoms with van der Waals surface area (Å²) in [5.41, 5.74) is 3.79. The molecule has 2 aromatic rings. The third-order valence-corrected chi connectivity index (χ3v) is 4.93. The summed E-state index contributed by atoms with van der Waals surface area (Å²) in [6.07, 6.45) is 3.63. The summed E-state index contributed by atoms with van der Waals surface area (Å²) in [6.45, 7) is 0. The van der Waals surface area contributed by atoms with Crippen LogP contribution in [-0.2, 0) is 11.8 Å². The van der Waals surface area contributed by atoms with Gasteiger partial charge in [-0.25, -0.2) is 0 Å². The Hall–Kier alpha value is -2.09. The predicted molar refractivity (Wildman–Crippen MR) is 99.3 cm³/mol. The second-order valence-electron chi connectivity index (χ2n) is 5.01. The molecule has 0 saturated carbocycles. The fourth-order valence-corrected chi connectivity index (χ4v) is 3.38. The second-order valence-corrected chi connectivity index (χ2v) is 7.12. The molecule has 0 aliphatic carbocycles. The van der Waals surface area contributed by atoms with E-state index in [1.165, 1.54) is 0 Å². The van der Waals surface area contributed by atoms with Crippen molar-refractivity contribution < 1.29 is 9.59 Å². The van der Waals surface area contributed by atoms with Crippen LogP contribution >= 0.6 is 35.6 Å². The minimum Gasteiger partial charge on any atom is -0.351 e. The first-order valence-electron chi connectivity index (χ1n) is 6.91. The topological polar surface area (TPSA) is 54.3 Å². The fourth-order valence-electron chi connectivity index (χ4n) is 2.09. The Morgan fingerprint density at radius 3 is 2.62 bits per heavy atom. The van der Waals surface area contributed by atoms with Gasteiger partial charge < -0.3 is 4.57 Å². The highest BCUT2D eigenvalue weighted by Crippen LogP contribution is 2.31. The third kappa shape index (κ3) is 3.38. The molecule has 0 unspecified atom stereocenters. The minimum absolute atomic E-state index is 0.280. The average Bonchev–Trinajstić information content (AvgIpc) is 3.07. The van der Waals surface area contributed by atoms with Gasteiger partial charge >= 0.3 is 0 Å². The molecule has 0 spiro atoms. The van der Waals surface area contributed by atoms with Crippen LogP contribution in [0.15, 0.2) is 47.5 Å². The molecule has 5 nitrogen and oxygen atoms in total. The molecule has 0 bridgehead atoms. The van der Waals surface area contributed by atoms with Crippen molar-refractivity contribution in [3.63, 3.8) is 0 Å². The second kappa shape index (κ2) is 6.80. The van der Waals surface area contributed by atoms with Crippen LogP contribution in [0, 0.1) is 0 Å². The monoisotopic (exact) mass is 377 g/mol. The zero-order valence-electron chi connectivity index (χ0n) is 12.5. The maximum atomic E-state index is 12.5. The molecular weight excluding hydrogens is 366 g/mol. The normalized spacial score (nSPS) is 16.1. The number of nitrogens with one attached hydrogen (secondary N) is 1. The molecule has 1 aromatic carbocycles. The van der Waals surface area contributed by atoms with Crippen molar-refractivity contribution in [3.05, 3.63) is 63.8 Å². The van der Waals surface area contributed by atoms with Crippen molar-refractivity contribution in [2.24, 2.45) is 7.05 Å². The van der Waals surface area contributed by atoms with E-state index >= 15 is 0 Å². The molecule has 24 heavy (non-hydrogen) atoms. The Morgan fingerprint density at radius 1 is 1.29 bits per heavy atom. The fraction of sp³-hybridized carbons (Fsp3) is 0.0625. The number of hydrogen-bond acceptors (Lipinski definition) is 4. The highest BCUT2D eigenvalue weighted by atomic mass is 35.5. The molecule has 0 radical (unpaired) electrons. The minimum atomic E-state index is -0.428. The summed E-state index contributed by atoms with van der Waals surface area (Å²) in [5.74, 6) is -0.781. The lowest BCUT2D eigenvalue weighted by Crippen LogP contribution is -2.44. The lowest BCUT2D eigenvalue weighted by Gasteiger charge is -2.15. The van der Waals surface area contributed by atoms with Crippen LogP contribution in [0.4, 0.5) is 0 Å². The third-order valence-electron chi connectivity index (χ3n) is 3.38. The number of aryl methyl sites for hydroxylation is 1. The summed E-state index contributed by atoms with van der Waals surface area (Å²) in [4.78, 5) is 25.2. The number of rotatable bonds is 3. The average molecular weight is 378 g/mol. The van der Waals surface area contributed by atoms with Gasteiger partial charge in [0.15, 0.2) is 4.32 Å². The summed E-state index contributed by atoms with van der Waals surface area (Å²) < 4.78 is 2.17. The number of halogens is 1. The standard InChI is InChI=1S/C16H12ClN3O2S2/c1-19-8-2-3-12(19)9-13-15(22)20(16(23)24-13)18-14(21)10-4-6-11(17)7-5-10/h2-9H,1H3,(H,18,21)/b13-9+. The predicted octanol–water partition coefficient (Wildman–Crippen LogP) is 3.22. The Morgan fingerprint density at radius 2 is 2.00 bits per heavy atom. The van der Waals surface area contributed by atoms with Gasteiger partial charge in [0.05, 0.1) is 4.91 Å². The molecule has 122 valence electrons.